The van der Waals surface area contributed by atoms with E-state index in [1.807, 2.05) is 0 Å². The summed E-state index contributed by atoms with van der Waals surface area (Å²) in [5.74, 6) is -4.22. The number of alkyl halides is 2. The van der Waals surface area contributed by atoms with Crippen molar-refractivity contribution in [3.63, 3.8) is 0 Å². The van der Waals surface area contributed by atoms with Crippen LogP contribution in [0, 0.1) is 11.8 Å². The fourth-order valence-corrected chi connectivity index (χ4v) is 2.94. The highest BCUT2D eigenvalue weighted by atomic mass is 19.3. The molecule has 0 radical (unpaired) electrons. The van der Waals surface area contributed by atoms with Gasteiger partial charge in [0, 0.05) is 32.5 Å². The van der Waals surface area contributed by atoms with E-state index in [0.717, 1.165) is 0 Å². The zero-order valence-electron chi connectivity index (χ0n) is 11.3. The first kappa shape index (κ1) is 15.0. The summed E-state index contributed by atoms with van der Waals surface area (Å²) in [6.45, 7) is 0.842. The molecular weight excluding hydrogens is 270 g/mol. The minimum absolute atomic E-state index is 0.0656. The quantitative estimate of drug-likeness (QED) is 0.834. The smallest absolute Gasteiger partial charge is 0.317 e. The molecule has 0 aromatic heterocycles. The Labute approximate surface area is 116 Å². The number of carbonyl (C=O) groups excluding carboxylic acids is 1. The van der Waals surface area contributed by atoms with Crippen LogP contribution in [0.4, 0.5) is 13.6 Å². The third kappa shape index (κ3) is 3.80. The van der Waals surface area contributed by atoms with E-state index < -0.39 is 17.8 Å². The molecule has 2 N–H and O–H groups in total. The van der Waals surface area contributed by atoms with Crippen LogP contribution in [-0.4, -0.2) is 47.6 Å². The molecule has 2 amide bonds. The number of urea groups is 1. The number of likely N-dealkylation sites (tertiary alicyclic amines) is 1. The first-order valence-corrected chi connectivity index (χ1v) is 7.01. The maximum atomic E-state index is 13.2. The summed E-state index contributed by atoms with van der Waals surface area (Å²) in [5.41, 5.74) is 0. The van der Waals surface area contributed by atoms with E-state index in [9.17, 15) is 18.4 Å². The normalized spacial score (nSPS) is 29.2. The fourth-order valence-electron chi connectivity index (χ4n) is 2.94. The summed E-state index contributed by atoms with van der Waals surface area (Å²) < 4.78 is 26.5. The number of carbonyl (C=O) groups is 2. The van der Waals surface area contributed by atoms with Gasteiger partial charge in [-0.15, -0.1) is 0 Å². The average Bonchev–Trinajstić information content (AvgIpc) is 2.84. The molecule has 2 unspecified atom stereocenters. The lowest BCUT2D eigenvalue weighted by molar-refractivity contribution is -0.141. The van der Waals surface area contributed by atoms with E-state index in [0.29, 0.717) is 25.8 Å². The van der Waals surface area contributed by atoms with Gasteiger partial charge in [-0.25, -0.2) is 13.6 Å². The second-order valence-electron chi connectivity index (χ2n) is 5.77. The standard InChI is InChI=1S/C13H20F2N2O3/c14-13(15)4-1-2-9(6-13)7-16-12(20)17-5-3-10(8-17)11(18)19/h9-10H,1-8H2,(H,16,20)(H,18,19). The fraction of sp³-hybridized carbons (Fsp3) is 0.846. The molecule has 5 nitrogen and oxygen atoms in total. The lowest BCUT2D eigenvalue weighted by Gasteiger charge is -2.29. The van der Waals surface area contributed by atoms with Crippen LogP contribution in [0.5, 0.6) is 0 Å². The summed E-state index contributed by atoms with van der Waals surface area (Å²) in [4.78, 5) is 24.1. The molecule has 1 aliphatic carbocycles. The Hall–Kier alpha value is -1.40. The van der Waals surface area contributed by atoms with Crippen LogP contribution in [-0.2, 0) is 4.79 Å². The Kier molecular flexibility index (Phi) is 4.45. The molecule has 2 atom stereocenters. The van der Waals surface area contributed by atoms with Gasteiger partial charge < -0.3 is 15.3 Å². The molecular formula is C13H20F2N2O3. The number of carboxylic acid groups (broad SMARTS) is 1. The van der Waals surface area contributed by atoms with E-state index in [2.05, 4.69) is 5.32 Å². The SMILES string of the molecule is O=C(O)C1CCN(C(=O)NCC2CCCC(F)(F)C2)C1. The number of aliphatic carboxylic acids is 1. The van der Waals surface area contributed by atoms with Crippen LogP contribution in [0.3, 0.4) is 0 Å². The molecule has 0 aromatic carbocycles. The molecule has 0 spiro atoms. The molecule has 114 valence electrons. The van der Waals surface area contributed by atoms with Crippen LogP contribution in [0.15, 0.2) is 0 Å². The molecule has 2 rings (SSSR count). The molecule has 1 saturated carbocycles. The lowest BCUT2D eigenvalue weighted by atomic mass is 9.86. The average molecular weight is 290 g/mol. The molecule has 1 saturated heterocycles. The van der Waals surface area contributed by atoms with Crippen molar-refractivity contribution in [1.29, 1.82) is 0 Å². The van der Waals surface area contributed by atoms with E-state index in [-0.39, 0.29) is 37.9 Å². The second kappa shape index (κ2) is 5.93. The first-order valence-electron chi connectivity index (χ1n) is 7.01. The van der Waals surface area contributed by atoms with Crippen molar-refractivity contribution in [2.75, 3.05) is 19.6 Å². The monoisotopic (exact) mass is 290 g/mol. The first-order chi connectivity index (χ1) is 9.37. The molecule has 0 aromatic rings. The van der Waals surface area contributed by atoms with Crippen LogP contribution in [0.1, 0.15) is 32.1 Å². The van der Waals surface area contributed by atoms with Crippen LogP contribution in [0.2, 0.25) is 0 Å². The predicted octanol–water partition coefficient (Wildman–Crippen LogP) is 1.93. The summed E-state index contributed by atoms with van der Waals surface area (Å²) in [6.07, 6.45) is 1.39. The van der Waals surface area contributed by atoms with Gasteiger partial charge in [-0.3, -0.25) is 4.79 Å². The lowest BCUT2D eigenvalue weighted by Crippen LogP contribution is -2.42. The van der Waals surface area contributed by atoms with Crippen LogP contribution in [0.25, 0.3) is 0 Å². The third-order valence-corrected chi connectivity index (χ3v) is 4.11. The summed E-state index contributed by atoms with van der Waals surface area (Å²) in [7, 11) is 0. The van der Waals surface area contributed by atoms with Crippen molar-refractivity contribution in [3.05, 3.63) is 0 Å². The van der Waals surface area contributed by atoms with E-state index in [4.69, 9.17) is 5.11 Å². The highest BCUT2D eigenvalue weighted by molar-refractivity contribution is 5.77. The van der Waals surface area contributed by atoms with Crippen molar-refractivity contribution in [1.82, 2.24) is 10.2 Å². The van der Waals surface area contributed by atoms with E-state index >= 15 is 0 Å². The molecule has 20 heavy (non-hydrogen) atoms. The van der Waals surface area contributed by atoms with Gasteiger partial charge in [-0.1, -0.05) is 0 Å². The molecule has 2 fully saturated rings. The molecule has 0 bridgehead atoms. The van der Waals surface area contributed by atoms with Crippen LogP contribution < -0.4 is 5.32 Å². The van der Waals surface area contributed by atoms with E-state index in [1.54, 1.807) is 0 Å². The van der Waals surface area contributed by atoms with Gasteiger partial charge in [0.15, 0.2) is 0 Å². The number of amides is 2. The number of nitrogens with one attached hydrogen (secondary N) is 1. The van der Waals surface area contributed by atoms with Crippen molar-refractivity contribution in [2.24, 2.45) is 11.8 Å². The third-order valence-electron chi connectivity index (χ3n) is 4.11. The molecule has 1 aliphatic heterocycles. The Balaban J connectivity index is 1.74. The largest absolute Gasteiger partial charge is 0.481 e. The topological polar surface area (TPSA) is 69.6 Å². The zero-order valence-corrected chi connectivity index (χ0v) is 11.3. The van der Waals surface area contributed by atoms with Gasteiger partial charge in [0.05, 0.1) is 5.92 Å². The number of rotatable bonds is 3. The minimum Gasteiger partial charge on any atom is -0.481 e. The van der Waals surface area contributed by atoms with Crippen LogP contribution >= 0.6 is 0 Å². The number of nitrogens with zero attached hydrogens (tertiary/aromatic N) is 1. The molecule has 2 aliphatic rings. The van der Waals surface area contributed by atoms with Gasteiger partial charge in [0.2, 0.25) is 5.92 Å². The Morgan fingerprint density at radius 3 is 2.70 bits per heavy atom. The molecule has 7 heteroatoms. The maximum Gasteiger partial charge on any atom is 0.317 e. The number of carboxylic acids is 1. The van der Waals surface area contributed by atoms with Crippen molar-refractivity contribution < 1.29 is 23.5 Å². The van der Waals surface area contributed by atoms with Crippen molar-refractivity contribution in [3.8, 4) is 0 Å². The Bertz CT molecular complexity index is 390. The van der Waals surface area contributed by atoms with E-state index in [1.165, 1.54) is 4.90 Å². The second-order valence-corrected chi connectivity index (χ2v) is 5.77. The number of hydrogen-bond acceptors (Lipinski definition) is 2. The maximum absolute atomic E-state index is 13.2. The summed E-state index contributed by atoms with van der Waals surface area (Å²) >= 11 is 0. The van der Waals surface area contributed by atoms with Gasteiger partial charge in [0.1, 0.15) is 0 Å². The number of halogens is 2. The zero-order chi connectivity index (χ0) is 14.8. The summed E-state index contributed by atoms with van der Waals surface area (Å²) in [5, 5.41) is 11.5. The van der Waals surface area contributed by atoms with Gasteiger partial charge >= 0.3 is 12.0 Å². The predicted molar refractivity (Wildman–Crippen MR) is 67.6 cm³/mol. The molecule has 1 heterocycles. The highest BCUT2D eigenvalue weighted by Crippen LogP contribution is 2.36. The van der Waals surface area contributed by atoms with Gasteiger partial charge in [0.25, 0.3) is 0 Å². The van der Waals surface area contributed by atoms with Gasteiger partial charge in [-0.2, -0.15) is 0 Å². The van der Waals surface area contributed by atoms with Gasteiger partial charge in [-0.05, 0) is 25.2 Å². The van der Waals surface area contributed by atoms with Crippen molar-refractivity contribution >= 4 is 12.0 Å². The highest BCUT2D eigenvalue weighted by Gasteiger charge is 2.36. The Morgan fingerprint density at radius 1 is 1.35 bits per heavy atom. The number of hydrogen-bond donors (Lipinski definition) is 2. The minimum atomic E-state index is -2.62. The van der Waals surface area contributed by atoms with Crippen molar-refractivity contribution in [2.45, 2.75) is 38.0 Å². The Morgan fingerprint density at radius 2 is 2.10 bits per heavy atom. The summed E-state index contributed by atoms with van der Waals surface area (Å²) in [6, 6.07) is -0.345.